The van der Waals surface area contributed by atoms with E-state index in [4.69, 9.17) is 4.74 Å². The van der Waals surface area contributed by atoms with Crippen LogP contribution in [0.25, 0.3) is 10.9 Å². The van der Waals surface area contributed by atoms with Crippen LogP contribution in [0.4, 0.5) is 5.82 Å². The van der Waals surface area contributed by atoms with Crippen molar-refractivity contribution in [2.24, 2.45) is 0 Å². The van der Waals surface area contributed by atoms with Crippen molar-refractivity contribution in [3.8, 4) is 0 Å². The summed E-state index contributed by atoms with van der Waals surface area (Å²) in [5.41, 5.74) is 0.225. The summed E-state index contributed by atoms with van der Waals surface area (Å²) in [4.78, 5) is 38.7. The summed E-state index contributed by atoms with van der Waals surface area (Å²) in [6, 6.07) is 9.78. The largest absolute Gasteiger partial charge is 0.452 e. The molecule has 3 rings (SSSR count). The number of nitrogens with zero attached hydrogens (tertiary/aromatic N) is 2. The number of nitrogens with one attached hydrogen (secondary N) is 2. The molecule has 0 saturated heterocycles. The second-order valence-corrected chi connectivity index (χ2v) is 5.97. The third kappa shape index (κ3) is 3.64. The van der Waals surface area contributed by atoms with Crippen LogP contribution in [0.2, 0.25) is 0 Å². The number of esters is 1. The maximum absolute atomic E-state index is 12.3. The standard InChI is InChI=1S/C18H18N4O4/c1-11(2)22-15(7-8-19-22)21-17(24)10-26-18(25)13-9-16(23)20-14-6-4-3-5-12(13)14/h3-9,11H,10H2,1-2H3,(H,20,23)(H,21,24). The summed E-state index contributed by atoms with van der Waals surface area (Å²) in [7, 11) is 0. The first kappa shape index (κ1) is 17.4. The molecule has 2 heterocycles. The summed E-state index contributed by atoms with van der Waals surface area (Å²) in [5.74, 6) is -0.711. The van der Waals surface area contributed by atoms with E-state index >= 15 is 0 Å². The van der Waals surface area contributed by atoms with Crippen molar-refractivity contribution in [2.75, 3.05) is 11.9 Å². The number of carbonyl (C=O) groups excluding carboxylic acids is 2. The smallest absolute Gasteiger partial charge is 0.339 e. The van der Waals surface area contributed by atoms with E-state index in [1.807, 2.05) is 13.8 Å². The first-order chi connectivity index (χ1) is 12.5. The van der Waals surface area contributed by atoms with Gasteiger partial charge >= 0.3 is 5.97 Å². The Morgan fingerprint density at radius 3 is 2.81 bits per heavy atom. The van der Waals surface area contributed by atoms with Gasteiger partial charge in [-0.3, -0.25) is 9.59 Å². The molecule has 0 saturated carbocycles. The van der Waals surface area contributed by atoms with Crippen LogP contribution in [-0.2, 0) is 9.53 Å². The number of carbonyl (C=O) groups is 2. The quantitative estimate of drug-likeness (QED) is 0.683. The van der Waals surface area contributed by atoms with Gasteiger partial charge in [0.25, 0.3) is 5.91 Å². The van der Waals surface area contributed by atoms with Gasteiger partial charge in [-0.25, -0.2) is 9.48 Å². The molecule has 0 aliphatic heterocycles. The van der Waals surface area contributed by atoms with Gasteiger partial charge in [-0.2, -0.15) is 5.10 Å². The van der Waals surface area contributed by atoms with Gasteiger partial charge in [0, 0.05) is 29.1 Å². The SMILES string of the molecule is CC(C)n1nccc1NC(=O)COC(=O)c1cc(=O)[nH]c2ccccc12. The highest BCUT2D eigenvalue weighted by molar-refractivity contribution is 6.04. The average Bonchev–Trinajstić information content (AvgIpc) is 3.07. The van der Waals surface area contributed by atoms with Gasteiger partial charge in [0.1, 0.15) is 5.82 Å². The maximum atomic E-state index is 12.3. The molecule has 3 aromatic rings. The second-order valence-electron chi connectivity index (χ2n) is 5.97. The lowest BCUT2D eigenvalue weighted by molar-refractivity contribution is -0.119. The molecule has 1 amide bonds. The monoisotopic (exact) mass is 354 g/mol. The Hall–Kier alpha value is -3.42. The Morgan fingerprint density at radius 2 is 2.04 bits per heavy atom. The van der Waals surface area contributed by atoms with E-state index in [9.17, 15) is 14.4 Å². The van der Waals surface area contributed by atoms with Crippen molar-refractivity contribution in [3.05, 3.63) is 58.5 Å². The normalized spacial score (nSPS) is 10.9. The van der Waals surface area contributed by atoms with E-state index in [0.717, 1.165) is 6.07 Å². The second kappa shape index (κ2) is 7.22. The van der Waals surface area contributed by atoms with Gasteiger partial charge in [0.05, 0.1) is 11.8 Å². The van der Waals surface area contributed by atoms with Crippen LogP contribution >= 0.6 is 0 Å². The number of para-hydroxylation sites is 1. The summed E-state index contributed by atoms with van der Waals surface area (Å²) in [6.07, 6.45) is 1.57. The Balaban J connectivity index is 1.70. The van der Waals surface area contributed by atoms with Crippen LogP contribution < -0.4 is 10.9 Å². The van der Waals surface area contributed by atoms with Crippen molar-refractivity contribution in [2.45, 2.75) is 19.9 Å². The molecular weight excluding hydrogens is 336 g/mol. The van der Waals surface area contributed by atoms with Gasteiger partial charge in [-0.05, 0) is 19.9 Å². The van der Waals surface area contributed by atoms with Crippen LogP contribution in [-0.4, -0.2) is 33.2 Å². The summed E-state index contributed by atoms with van der Waals surface area (Å²) < 4.78 is 6.71. The summed E-state index contributed by atoms with van der Waals surface area (Å²) in [6.45, 7) is 3.39. The zero-order chi connectivity index (χ0) is 18.7. The van der Waals surface area contributed by atoms with Crippen molar-refractivity contribution >= 4 is 28.6 Å². The fourth-order valence-electron chi connectivity index (χ4n) is 2.59. The lowest BCUT2D eigenvalue weighted by Gasteiger charge is -2.12. The van der Waals surface area contributed by atoms with Gasteiger partial charge in [0.2, 0.25) is 5.56 Å². The zero-order valence-corrected chi connectivity index (χ0v) is 14.4. The number of hydrogen-bond donors (Lipinski definition) is 2. The highest BCUT2D eigenvalue weighted by Crippen LogP contribution is 2.16. The number of aromatic amines is 1. The van der Waals surface area contributed by atoms with Crippen LogP contribution in [0.15, 0.2) is 47.4 Å². The molecule has 8 heteroatoms. The lowest BCUT2D eigenvalue weighted by atomic mass is 10.1. The Bertz CT molecular complexity index is 1020. The van der Waals surface area contributed by atoms with Crippen LogP contribution in [0.5, 0.6) is 0 Å². The molecule has 0 bridgehead atoms. The molecule has 2 N–H and O–H groups in total. The fourth-order valence-corrected chi connectivity index (χ4v) is 2.59. The minimum atomic E-state index is -0.736. The molecule has 0 unspecified atom stereocenters. The number of benzene rings is 1. The van der Waals surface area contributed by atoms with Crippen molar-refractivity contribution < 1.29 is 14.3 Å². The van der Waals surface area contributed by atoms with E-state index in [1.54, 1.807) is 41.2 Å². The molecule has 134 valence electrons. The molecule has 0 spiro atoms. The Labute approximate surface area is 148 Å². The van der Waals surface area contributed by atoms with Crippen molar-refractivity contribution in [1.82, 2.24) is 14.8 Å². The van der Waals surface area contributed by atoms with Crippen molar-refractivity contribution in [1.29, 1.82) is 0 Å². The third-order valence-electron chi connectivity index (χ3n) is 3.73. The minimum absolute atomic E-state index is 0.0743. The summed E-state index contributed by atoms with van der Waals surface area (Å²) >= 11 is 0. The molecule has 0 atom stereocenters. The number of hydrogen-bond acceptors (Lipinski definition) is 5. The maximum Gasteiger partial charge on any atom is 0.339 e. The van der Waals surface area contributed by atoms with E-state index in [0.29, 0.717) is 16.7 Å². The topological polar surface area (TPSA) is 106 Å². The zero-order valence-electron chi connectivity index (χ0n) is 14.4. The molecule has 0 aliphatic carbocycles. The van der Waals surface area contributed by atoms with E-state index < -0.39 is 24.0 Å². The number of H-pyrrole nitrogens is 1. The average molecular weight is 354 g/mol. The molecule has 8 nitrogen and oxygen atoms in total. The van der Waals surface area contributed by atoms with E-state index in [-0.39, 0.29) is 11.6 Å². The van der Waals surface area contributed by atoms with E-state index in [2.05, 4.69) is 15.4 Å². The molecule has 26 heavy (non-hydrogen) atoms. The molecule has 0 fully saturated rings. The fraction of sp³-hybridized carbons (Fsp3) is 0.222. The molecule has 0 aliphatic rings. The van der Waals surface area contributed by atoms with Gasteiger partial charge in [-0.15, -0.1) is 0 Å². The van der Waals surface area contributed by atoms with Gasteiger partial charge < -0.3 is 15.0 Å². The highest BCUT2D eigenvalue weighted by Gasteiger charge is 2.16. The highest BCUT2D eigenvalue weighted by atomic mass is 16.5. The number of anilines is 1. The minimum Gasteiger partial charge on any atom is -0.452 e. The predicted molar refractivity (Wildman–Crippen MR) is 96.1 cm³/mol. The molecule has 2 aromatic heterocycles. The molecule has 0 radical (unpaired) electrons. The third-order valence-corrected chi connectivity index (χ3v) is 3.73. The van der Waals surface area contributed by atoms with Gasteiger partial charge in [-0.1, -0.05) is 18.2 Å². The summed E-state index contributed by atoms with van der Waals surface area (Å²) in [5, 5.41) is 7.31. The predicted octanol–water partition coefficient (Wildman–Crippen LogP) is 2.10. The number of ether oxygens (including phenoxy) is 1. The number of rotatable bonds is 5. The van der Waals surface area contributed by atoms with Crippen LogP contribution in [0, 0.1) is 0 Å². The molecule has 1 aromatic carbocycles. The molecular formula is C18H18N4O4. The first-order valence-corrected chi connectivity index (χ1v) is 8.08. The van der Waals surface area contributed by atoms with Gasteiger partial charge in [0.15, 0.2) is 6.61 Å². The van der Waals surface area contributed by atoms with Crippen LogP contribution in [0.3, 0.4) is 0 Å². The number of aromatic nitrogens is 3. The van der Waals surface area contributed by atoms with Crippen LogP contribution in [0.1, 0.15) is 30.2 Å². The Kier molecular flexibility index (Phi) is 4.83. The van der Waals surface area contributed by atoms with E-state index in [1.165, 1.54) is 0 Å². The van der Waals surface area contributed by atoms with Crippen molar-refractivity contribution in [3.63, 3.8) is 0 Å². The number of pyridine rings is 1. The number of amides is 1. The lowest BCUT2D eigenvalue weighted by Crippen LogP contribution is -2.23. The first-order valence-electron chi connectivity index (χ1n) is 8.08. The number of fused-ring (bicyclic) bond motifs is 1. The Morgan fingerprint density at radius 1 is 1.27 bits per heavy atom.